The molecular formula is C61H110O6. The van der Waals surface area contributed by atoms with Gasteiger partial charge in [-0.2, -0.15) is 0 Å². The molecule has 0 N–H and O–H groups in total. The van der Waals surface area contributed by atoms with E-state index in [1.807, 2.05) is 0 Å². The first-order valence-electron chi connectivity index (χ1n) is 29.2. The quantitative estimate of drug-likeness (QED) is 0.0199. The summed E-state index contributed by atoms with van der Waals surface area (Å²) in [7, 11) is 0. The van der Waals surface area contributed by atoms with Crippen LogP contribution in [-0.4, -0.2) is 37.2 Å². The minimum absolute atomic E-state index is 0.0832. The van der Waals surface area contributed by atoms with E-state index in [1.165, 1.54) is 180 Å². The van der Waals surface area contributed by atoms with E-state index in [0.717, 1.165) is 83.5 Å². The van der Waals surface area contributed by atoms with Crippen molar-refractivity contribution in [3.8, 4) is 0 Å². The molecule has 0 bridgehead atoms. The van der Waals surface area contributed by atoms with Crippen molar-refractivity contribution >= 4 is 17.9 Å². The Hall–Kier alpha value is -2.63. The van der Waals surface area contributed by atoms with Crippen molar-refractivity contribution in [1.82, 2.24) is 0 Å². The predicted octanol–water partition coefficient (Wildman–Crippen LogP) is 19.4. The normalized spacial score (nSPS) is 12.3. The molecule has 0 fully saturated rings. The lowest BCUT2D eigenvalue weighted by molar-refractivity contribution is -0.167. The van der Waals surface area contributed by atoms with Gasteiger partial charge in [-0.3, -0.25) is 14.4 Å². The Bertz CT molecular complexity index is 1170. The number of allylic oxidation sites excluding steroid dienone is 8. The number of carbonyl (C=O) groups excluding carboxylic acids is 3. The molecule has 0 amide bonds. The van der Waals surface area contributed by atoms with Crippen molar-refractivity contribution < 1.29 is 28.6 Å². The fourth-order valence-corrected chi connectivity index (χ4v) is 8.36. The summed E-state index contributed by atoms with van der Waals surface area (Å²) in [5, 5.41) is 0. The van der Waals surface area contributed by atoms with Crippen LogP contribution in [0.5, 0.6) is 0 Å². The molecular weight excluding hydrogens is 829 g/mol. The number of esters is 3. The molecule has 0 saturated heterocycles. The van der Waals surface area contributed by atoms with E-state index in [-0.39, 0.29) is 31.1 Å². The van der Waals surface area contributed by atoms with Gasteiger partial charge in [0, 0.05) is 19.3 Å². The molecule has 0 aromatic carbocycles. The van der Waals surface area contributed by atoms with Gasteiger partial charge in [0.1, 0.15) is 13.2 Å². The van der Waals surface area contributed by atoms with Gasteiger partial charge in [0.15, 0.2) is 6.10 Å². The molecule has 0 aromatic heterocycles. The minimum atomic E-state index is -0.785. The standard InChI is InChI=1S/C61H110O6/c1-4-7-10-13-16-19-22-25-28-30-31-34-36-39-42-45-48-51-54-60(63)66-57-58(56-65-59(62)53-50-47-44-41-38-35-32-27-24-21-18-15-12-9-6-3)67-61(64)55-52-49-46-43-40-37-33-29-26-23-20-17-14-11-8-5-2/h18,21,24,27,29,31,33-34,58H,4-17,19-20,22-23,25-26,28,30,32,35-57H2,1-3H3/b21-18-,27-24-,33-29-,34-31-. The van der Waals surface area contributed by atoms with Crippen LogP contribution in [0.25, 0.3) is 0 Å². The zero-order valence-corrected chi connectivity index (χ0v) is 44.7. The molecule has 0 aliphatic carbocycles. The maximum absolute atomic E-state index is 12.8. The lowest BCUT2D eigenvalue weighted by Crippen LogP contribution is -2.30. The monoisotopic (exact) mass is 939 g/mol. The third kappa shape index (κ3) is 54.2. The predicted molar refractivity (Wildman–Crippen MR) is 289 cm³/mol. The minimum Gasteiger partial charge on any atom is -0.462 e. The Balaban J connectivity index is 4.39. The molecule has 0 heterocycles. The Morgan fingerprint density at radius 2 is 0.537 bits per heavy atom. The first-order chi connectivity index (χ1) is 33.0. The highest BCUT2D eigenvalue weighted by atomic mass is 16.6. The number of hydrogen-bond donors (Lipinski definition) is 0. The first kappa shape index (κ1) is 64.4. The van der Waals surface area contributed by atoms with Crippen LogP contribution in [0.2, 0.25) is 0 Å². The van der Waals surface area contributed by atoms with Crippen molar-refractivity contribution in [2.75, 3.05) is 13.2 Å². The van der Waals surface area contributed by atoms with E-state index in [2.05, 4.69) is 69.4 Å². The molecule has 1 unspecified atom stereocenters. The third-order valence-corrected chi connectivity index (χ3v) is 12.8. The van der Waals surface area contributed by atoms with Crippen LogP contribution in [0, 0.1) is 0 Å². The highest BCUT2D eigenvalue weighted by molar-refractivity contribution is 5.71. The summed E-state index contributed by atoms with van der Waals surface area (Å²) >= 11 is 0. The van der Waals surface area contributed by atoms with Crippen molar-refractivity contribution in [3.63, 3.8) is 0 Å². The van der Waals surface area contributed by atoms with E-state index >= 15 is 0 Å². The molecule has 1 atom stereocenters. The van der Waals surface area contributed by atoms with E-state index in [9.17, 15) is 14.4 Å². The van der Waals surface area contributed by atoms with Gasteiger partial charge in [-0.1, -0.05) is 236 Å². The van der Waals surface area contributed by atoms with Crippen LogP contribution in [0.1, 0.15) is 303 Å². The Labute approximate surface area is 416 Å². The summed E-state index contributed by atoms with van der Waals surface area (Å²) in [5.41, 5.74) is 0. The molecule has 6 heteroatoms. The molecule has 390 valence electrons. The van der Waals surface area contributed by atoms with Crippen LogP contribution in [0.15, 0.2) is 48.6 Å². The van der Waals surface area contributed by atoms with Gasteiger partial charge in [-0.05, 0) is 96.3 Å². The number of carbonyl (C=O) groups is 3. The van der Waals surface area contributed by atoms with Gasteiger partial charge in [0.25, 0.3) is 0 Å². The largest absolute Gasteiger partial charge is 0.462 e. The summed E-state index contributed by atoms with van der Waals surface area (Å²) in [6, 6.07) is 0. The van der Waals surface area contributed by atoms with Crippen LogP contribution >= 0.6 is 0 Å². The Morgan fingerprint density at radius 1 is 0.299 bits per heavy atom. The lowest BCUT2D eigenvalue weighted by atomic mass is 10.1. The lowest BCUT2D eigenvalue weighted by Gasteiger charge is -2.18. The summed E-state index contributed by atoms with van der Waals surface area (Å²) in [6.45, 7) is 6.62. The summed E-state index contributed by atoms with van der Waals surface area (Å²) in [5.74, 6) is -0.898. The number of ether oxygens (including phenoxy) is 3. The second-order valence-electron chi connectivity index (χ2n) is 19.6. The topological polar surface area (TPSA) is 78.9 Å². The summed E-state index contributed by atoms with van der Waals surface area (Å²) < 4.78 is 16.9. The van der Waals surface area contributed by atoms with Crippen LogP contribution in [0.4, 0.5) is 0 Å². The average molecular weight is 940 g/mol. The van der Waals surface area contributed by atoms with E-state index in [1.54, 1.807) is 0 Å². The van der Waals surface area contributed by atoms with Gasteiger partial charge in [0.2, 0.25) is 0 Å². The molecule has 0 radical (unpaired) electrons. The fraction of sp³-hybridized carbons (Fsp3) is 0.820. The van der Waals surface area contributed by atoms with Crippen molar-refractivity contribution in [2.45, 2.75) is 309 Å². The molecule has 0 aliphatic rings. The highest BCUT2D eigenvalue weighted by Gasteiger charge is 2.19. The average Bonchev–Trinajstić information content (AvgIpc) is 3.33. The van der Waals surface area contributed by atoms with E-state index in [0.29, 0.717) is 19.3 Å². The molecule has 0 saturated carbocycles. The summed E-state index contributed by atoms with van der Waals surface area (Å²) in [6.07, 6.45) is 68.1. The first-order valence-corrected chi connectivity index (χ1v) is 29.2. The number of rotatable bonds is 53. The van der Waals surface area contributed by atoms with Gasteiger partial charge in [0.05, 0.1) is 0 Å². The molecule has 6 nitrogen and oxygen atoms in total. The van der Waals surface area contributed by atoms with Crippen molar-refractivity contribution in [1.29, 1.82) is 0 Å². The smallest absolute Gasteiger partial charge is 0.306 e. The zero-order chi connectivity index (χ0) is 48.6. The zero-order valence-electron chi connectivity index (χ0n) is 44.7. The molecule has 67 heavy (non-hydrogen) atoms. The van der Waals surface area contributed by atoms with Gasteiger partial charge >= 0.3 is 17.9 Å². The highest BCUT2D eigenvalue weighted by Crippen LogP contribution is 2.15. The van der Waals surface area contributed by atoms with Gasteiger partial charge in [-0.15, -0.1) is 0 Å². The van der Waals surface area contributed by atoms with Crippen LogP contribution in [-0.2, 0) is 28.6 Å². The van der Waals surface area contributed by atoms with Crippen LogP contribution < -0.4 is 0 Å². The van der Waals surface area contributed by atoms with Crippen molar-refractivity contribution in [3.05, 3.63) is 48.6 Å². The summed E-state index contributed by atoms with van der Waals surface area (Å²) in [4.78, 5) is 38.2. The number of unbranched alkanes of at least 4 members (excludes halogenated alkanes) is 35. The third-order valence-electron chi connectivity index (χ3n) is 12.8. The van der Waals surface area contributed by atoms with Gasteiger partial charge in [-0.25, -0.2) is 0 Å². The maximum atomic E-state index is 12.8. The second kappa shape index (κ2) is 56.0. The van der Waals surface area contributed by atoms with Crippen molar-refractivity contribution in [2.24, 2.45) is 0 Å². The fourth-order valence-electron chi connectivity index (χ4n) is 8.36. The Kier molecular flexibility index (Phi) is 53.8. The molecule has 0 rings (SSSR count). The Morgan fingerprint density at radius 3 is 0.866 bits per heavy atom. The molecule has 0 spiro atoms. The van der Waals surface area contributed by atoms with Crippen LogP contribution in [0.3, 0.4) is 0 Å². The number of hydrogen-bond acceptors (Lipinski definition) is 6. The van der Waals surface area contributed by atoms with Gasteiger partial charge < -0.3 is 14.2 Å². The van der Waals surface area contributed by atoms with E-state index in [4.69, 9.17) is 14.2 Å². The molecule has 0 aliphatic heterocycles. The van der Waals surface area contributed by atoms with E-state index < -0.39 is 6.10 Å². The maximum Gasteiger partial charge on any atom is 0.306 e. The second-order valence-corrected chi connectivity index (χ2v) is 19.6. The SMILES string of the molecule is CCCCC/C=C\C=C/CCCCCCCCC(=O)OCC(COC(=O)CCCCCCC/C=C\CCCCCCCCCCC)OC(=O)CCCCCCC/C=C\CCCCCCCCC. The molecule has 0 aromatic rings.